The van der Waals surface area contributed by atoms with Gasteiger partial charge >= 0.3 is 0 Å². The SMILES string of the molecule is CCCCn1cc(-c2cc(N(C)Cc3ccccc3)n3ncc(C(=O)C[C@@H]4C[C@@H]4F)c3n2)c2cccnc21. The summed E-state index contributed by atoms with van der Waals surface area (Å²) < 4.78 is 17.5. The van der Waals surface area contributed by atoms with Gasteiger partial charge in [0, 0.05) is 61.9 Å². The van der Waals surface area contributed by atoms with Gasteiger partial charge in [0.1, 0.15) is 17.6 Å². The molecule has 1 aliphatic rings. The van der Waals surface area contributed by atoms with Gasteiger partial charge in [-0.2, -0.15) is 9.61 Å². The summed E-state index contributed by atoms with van der Waals surface area (Å²) in [5.41, 5.74) is 4.74. The molecule has 4 aromatic heterocycles. The first-order valence-corrected chi connectivity index (χ1v) is 13.3. The first-order valence-electron chi connectivity index (χ1n) is 13.3. The fourth-order valence-corrected chi connectivity index (χ4v) is 5.09. The molecule has 1 aliphatic carbocycles. The summed E-state index contributed by atoms with van der Waals surface area (Å²) in [6, 6.07) is 16.3. The molecule has 194 valence electrons. The number of alkyl halides is 1. The Morgan fingerprint density at radius 2 is 1.97 bits per heavy atom. The van der Waals surface area contributed by atoms with Crippen molar-refractivity contribution in [1.29, 1.82) is 0 Å². The number of anilines is 1. The normalized spacial score (nSPS) is 16.8. The molecule has 4 heterocycles. The summed E-state index contributed by atoms with van der Waals surface area (Å²) in [5.74, 6) is 0.517. The van der Waals surface area contributed by atoms with Crippen LogP contribution in [-0.2, 0) is 13.1 Å². The van der Waals surface area contributed by atoms with Crippen LogP contribution >= 0.6 is 0 Å². The van der Waals surface area contributed by atoms with Crippen molar-refractivity contribution in [2.75, 3.05) is 11.9 Å². The highest BCUT2D eigenvalue weighted by atomic mass is 19.1. The van der Waals surface area contributed by atoms with E-state index in [0.717, 1.165) is 53.1 Å². The van der Waals surface area contributed by atoms with Gasteiger partial charge in [0.2, 0.25) is 0 Å². The minimum absolute atomic E-state index is 0.112. The molecule has 6 rings (SSSR count). The maximum Gasteiger partial charge on any atom is 0.168 e. The van der Waals surface area contributed by atoms with Crippen molar-refractivity contribution in [1.82, 2.24) is 24.1 Å². The quantitative estimate of drug-likeness (QED) is 0.212. The van der Waals surface area contributed by atoms with E-state index in [4.69, 9.17) is 4.98 Å². The Balaban J connectivity index is 1.49. The molecule has 5 aromatic rings. The molecule has 1 fully saturated rings. The van der Waals surface area contributed by atoms with E-state index in [1.165, 1.54) is 0 Å². The molecule has 1 aromatic carbocycles. The number of unbranched alkanes of at least 4 members (excludes halogenated alkanes) is 1. The van der Waals surface area contributed by atoms with Gasteiger partial charge in [0.05, 0.1) is 17.5 Å². The third-order valence-corrected chi connectivity index (χ3v) is 7.35. The van der Waals surface area contributed by atoms with Crippen molar-refractivity contribution in [2.45, 2.75) is 51.9 Å². The van der Waals surface area contributed by atoms with Gasteiger partial charge in [0.15, 0.2) is 11.4 Å². The zero-order valence-electron chi connectivity index (χ0n) is 21.7. The number of carbonyl (C=O) groups excluding carboxylic acids is 1. The first kappa shape index (κ1) is 24.3. The Bertz CT molecular complexity index is 1610. The van der Waals surface area contributed by atoms with Gasteiger partial charge < -0.3 is 9.47 Å². The van der Waals surface area contributed by atoms with Crippen LogP contribution in [0.3, 0.4) is 0 Å². The molecule has 7 nitrogen and oxygen atoms in total. The number of rotatable bonds is 10. The van der Waals surface area contributed by atoms with Crippen LogP contribution < -0.4 is 4.90 Å². The van der Waals surface area contributed by atoms with Crippen molar-refractivity contribution in [3.05, 3.63) is 78.2 Å². The number of aromatic nitrogens is 5. The van der Waals surface area contributed by atoms with Gasteiger partial charge in [-0.3, -0.25) is 4.79 Å². The third kappa shape index (κ3) is 4.55. The monoisotopic (exact) mass is 510 g/mol. The van der Waals surface area contributed by atoms with Gasteiger partial charge in [0.25, 0.3) is 0 Å². The molecule has 1 saturated carbocycles. The summed E-state index contributed by atoms with van der Waals surface area (Å²) in [6.45, 7) is 3.71. The lowest BCUT2D eigenvalue weighted by atomic mass is 10.1. The molecule has 0 unspecified atom stereocenters. The molecule has 0 saturated heterocycles. The lowest BCUT2D eigenvalue weighted by molar-refractivity contribution is 0.0974. The number of halogens is 1. The van der Waals surface area contributed by atoms with Crippen LogP contribution in [0.2, 0.25) is 0 Å². The van der Waals surface area contributed by atoms with Gasteiger partial charge in [-0.15, -0.1) is 0 Å². The molecule has 2 atom stereocenters. The number of fused-ring (bicyclic) bond motifs is 2. The van der Waals surface area contributed by atoms with Crippen LogP contribution in [0.4, 0.5) is 10.2 Å². The Hall–Kier alpha value is -4.07. The smallest absolute Gasteiger partial charge is 0.168 e. The minimum Gasteiger partial charge on any atom is -0.355 e. The van der Waals surface area contributed by atoms with Crippen molar-refractivity contribution in [3.8, 4) is 11.3 Å². The van der Waals surface area contributed by atoms with E-state index in [1.807, 2.05) is 43.6 Å². The second kappa shape index (κ2) is 10.0. The Labute approximate surface area is 220 Å². The fourth-order valence-electron chi connectivity index (χ4n) is 5.09. The van der Waals surface area contributed by atoms with E-state index in [1.54, 1.807) is 10.7 Å². The molecule has 0 aliphatic heterocycles. The molecule has 0 bridgehead atoms. The molecular formula is C30H31FN6O. The van der Waals surface area contributed by atoms with Gasteiger partial charge in [-0.1, -0.05) is 43.7 Å². The highest BCUT2D eigenvalue weighted by Gasteiger charge is 2.39. The topological polar surface area (TPSA) is 68.3 Å². The number of benzene rings is 1. The highest BCUT2D eigenvalue weighted by Crippen LogP contribution is 2.38. The Morgan fingerprint density at radius 1 is 1.16 bits per heavy atom. The van der Waals surface area contributed by atoms with Gasteiger partial charge in [-0.05, 0) is 30.5 Å². The van der Waals surface area contributed by atoms with E-state index in [0.29, 0.717) is 24.2 Å². The van der Waals surface area contributed by atoms with Crippen LogP contribution in [0.1, 0.15) is 48.5 Å². The van der Waals surface area contributed by atoms with Crippen molar-refractivity contribution < 1.29 is 9.18 Å². The van der Waals surface area contributed by atoms with Crippen LogP contribution in [0.15, 0.2) is 67.1 Å². The molecule has 8 heteroatoms. The summed E-state index contributed by atoms with van der Waals surface area (Å²) in [6.07, 6.45) is 7.41. The number of nitrogens with zero attached hydrogens (tertiary/aromatic N) is 6. The third-order valence-electron chi connectivity index (χ3n) is 7.35. The van der Waals surface area contributed by atoms with E-state index < -0.39 is 6.17 Å². The standard InChI is InChI=1S/C30H31FN6O/c1-3-4-13-36-19-24(22-11-8-12-32-29(22)36)26-16-28(35(2)18-20-9-6-5-7-10-20)37-30(34-26)23(17-33-37)27(38)15-21-14-25(21)31/h5-12,16-17,19,21,25H,3-4,13-15,18H2,1-2H3/t21-,25-/m0/s1. The van der Waals surface area contributed by atoms with Crippen LogP contribution in [0.5, 0.6) is 0 Å². The van der Waals surface area contributed by atoms with E-state index in [-0.39, 0.29) is 18.1 Å². The number of ketones is 1. The summed E-state index contributed by atoms with van der Waals surface area (Å²) >= 11 is 0. The Morgan fingerprint density at radius 3 is 2.74 bits per heavy atom. The average Bonchev–Trinajstić information content (AvgIpc) is 3.31. The maximum absolute atomic E-state index is 13.6. The molecule has 38 heavy (non-hydrogen) atoms. The largest absolute Gasteiger partial charge is 0.355 e. The number of carbonyl (C=O) groups is 1. The second-order valence-electron chi connectivity index (χ2n) is 10.2. The molecule has 0 radical (unpaired) electrons. The Kier molecular flexibility index (Phi) is 6.39. The first-order chi connectivity index (χ1) is 18.5. The predicted molar refractivity (Wildman–Crippen MR) is 147 cm³/mol. The number of Topliss-reactive ketones (excluding diaryl/α,β-unsaturated/α-hetero) is 1. The summed E-state index contributed by atoms with van der Waals surface area (Å²) in [4.78, 5) is 24.9. The van der Waals surface area contributed by atoms with E-state index in [2.05, 4.69) is 50.9 Å². The number of aryl methyl sites for hydroxylation is 1. The fraction of sp³-hybridized carbons (Fsp3) is 0.333. The summed E-state index contributed by atoms with van der Waals surface area (Å²) in [7, 11) is 2.01. The molecule has 0 spiro atoms. The zero-order valence-corrected chi connectivity index (χ0v) is 21.7. The second-order valence-corrected chi connectivity index (χ2v) is 10.2. The molecular weight excluding hydrogens is 479 g/mol. The lowest BCUT2D eigenvalue weighted by Gasteiger charge is -2.21. The van der Waals surface area contributed by atoms with Crippen molar-refractivity contribution in [2.24, 2.45) is 5.92 Å². The number of hydrogen-bond acceptors (Lipinski definition) is 5. The van der Waals surface area contributed by atoms with E-state index in [9.17, 15) is 9.18 Å². The van der Waals surface area contributed by atoms with Crippen LogP contribution in [-0.4, -0.2) is 43.2 Å². The number of hydrogen-bond donors (Lipinski definition) is 0. The lowest BCUT2D eigenvalue weighted by Crippen LogP contribution is -2.20. The van der Waals surface area contributed by atoms with Gasteiger partial charge in [-0.25, -0.2) is 14.4 Å². The predicted octanol–water partition coefficient (Wildman–Crippen LogP) is 6.11. The number of pyridine rings is 1. The maximum atomic E-state index is 13.6. The van der Waals surface area contributed by atoms with E-state index >= 15 is 0 Å². The minimum atomic E-state index is -0.876. The molecule has 0 N–H and O–H groups in total. The van der Waals surface area contributed by atoms with Crippen LogP contribution in [0.25, 0.3) is 27.9 Å². The van der Waals surface area contributed by atoms with Crippen molar-refractivity contribution in [3.63, 3.8) is 0 Å². The summed E-state index contributed by atoms with van der Waals surface area (Å²) in [5, 5.41) is 5.59. The van der Waals surface area contributed by atoms with Crippen molar-refractivity contribution >= 4 is 28.3 Å². The zero-order chi connectivity index (χ0) is 26.2. The average molecular weight is 511 g/mol. The molecule has 0 amide bonds. The van der Waals surface area contributed by atoms with Crippen LogP contribution in [0, 0.1) is 5.92 Å². The highest BCUT2D eigenvalue weighted by molar-refractivity contribution is 6.02.